The average molecular weight is 477 g/mol. The van der Waals surface area contributed by atoms with Gasteiger partial charge in [0.2, 0.25) is 0 Å². The molecule has 0 bridgehead atoms. The molecule has 172 valence electrons. The molecule has 0 aliphatic carbocycles. The second-order valence-corrected chi connectivity index (χ2v) is 9.43. The summed E-state index contributed by atoms with van der Waals surface area (Å²) in [6.45, 7) is 7.74. The van der Waals surface area contributed by atoms with Gasteiger partial charge in [0, 0.05) is 10.9 Å². The van der Waals surface area contributed by atoms with Gasteiger partial charge in [-0.1, -0.05) is 0 Å². The molecule has 0 saturated carbocycles. The molecule has 11 heteroatoms. The summed E-state index contributed by atoms with van der Waals surface area (Å²) < 4.78 is 17.9. The predicted molar refractivity (Wildman–Crippen MR) is 128 cm³/mol. The number of tetrazole rings is 1. The monoisotopic (exact) mass is 476 g/mol. The summed E-state index contributed by atoms with van der Waals surface area (Å²) in [6, 6.07) is 10.1. The summed E-state index contributed by atoms with van der Waals surface area (Å²) in [5.74, 6) is -0.494. The van der Waals surface area contributed by atoms with Crippen molar-refractivity contribution in [1.29, 1.82) is 0 Å². The van der Waals surface area contributed by atoms with Crippen LogP contribution in [0.1, 0.15) is 40.9 Å². The SMILES string of the molecule is Cc1ccc(-c2cc(C(=O)Nc3cc(-n4nnnc4C)ccc3F)c3cnn(C(C)C)c3n2)s1. The summed E-state index contributed by atoms with van der Waals surface area (Å²) >= 11 is 1.59. The van der Waals surface area contributed by atoms with Crippen LogP contribution in [0.3, 0.4) is 0 Å². The van der Waals surface area contributed by atoms with Crippen LogP contribution < -0.4 is 5.32 Å². The zero-order valence-electron chi connectivity index (χ0n) is 18.9. The smallest absolute Gasteiger partial charge is 0.256 e. The fraction of sp³-hybridized carbons (Fsp3) is 0.217. The lowest BCUT2D eigenvalue weighted by Gasteiger charge is -2.12. The van der Waals surface area contributed by atoms with Crippen LogP contribution in [0.5, 0.6) is 0 Å². The number of aryl methyl sites for hydroxylation is 2. The molecule has 0 atom stereocenters. The summed E-state index contributed by atoms with van der Waals surface area (Å²) in [5.41, 5.74) is 2.17. The van der Waals surface area contributed by atoms with Crippen LogP contribution in [0, 0.1) is 19.7 Å². The molecule has 0 spiro atoms. The molecule has 0 unspecified atom stereocenters. The maximum atomic E-state index is 14.7. The first-order chi connectivity index (χ1) is 16.3. The topological polar surface area (TPSA) is 103 Å². The lowest BCUT2D eigenvalue weighted by molar-refractivity contribution is 0.102. The van der Waals surface area contributed by atoms with Gasteiger partial charge in [0.25, 0.3) is 5.91 Å². The Labute approximate surface area is 198 Å². The lowest BCUT2D eigenvalue weighted by atomic mass is 10.1. The molecule has 1 amide bonds. The van der Waals surface area contributed by atoms with Crippen molar-refractivity contribution < 1.29 is 9.18 Å². The van der Waals surface area contributed by atoms with Crippen molar-refractivity contribution in [3.8, 4) is 16.3 Å². The number of rotatable bonds is 5. The number of carbonyl (C=O) groups excluding carboxylic acids is 1. The molecular formula is C23H21FN8OS. The fourth-order valence-electron chi connectivity index (χ4n) is 3.68. The van der Waals surface area contributed by atoms with Crippen molar-refractivity contribution >= 4 is 34.0 Å². The second-order valence-electron chi connectivity index (χ2n) is 8.14. The molecule has 5 rings (SSSR count). The molecule has 1 aromatic carbocycles. The standard InChI is InChI=1S/C23H21FN8OS/c1-12(2)31-22-17(11-25-31)16(10-20(26-22)21-8-5-13(3)34-21)23(33)27-19-9-15(6-7-18(19)24)32-14(4)28-29-30-32/h5-12H,1-4H3,(H,27,33). The quantitative estimate of drug-likeness (QED) is 0.394. The maximum Gasteiger partial charge on any atom is 0.256 e. The van der Waals surface area contributed by atoms with Crippen LogP contribution in [-0.2, 0) is 0 Å². The number of halogens is 1. The van der Waals surface area contributed by atoms with E-state index in [-0.39, 0.29) is 11.7 Å². The third-order valence-corrected chi connectivity index (χ3v) is 6.38. The molecule has 0 aliphatic rings. The Hall–Kier alpha value is -3.99. The first-order valence-corrected chi connectivity index (χ1v) is 11.4. The summed E-state index contributed by atoms with van der Waals surface area (Å²) in [7, 11) is 0. The Morgan fingerprint density at radius 3 is 2.65 bits per heavy atom. The van der Waals surface area contributed by atoms with E-state index in [0.717, 1.165) is 9.75 Å². The third-order valence-electron chi connectivity index (χ3n) is 5.36. The minimum atomic E-state index is -0.569. The second kappa shape index (κ2) is 8.41. The average Bonchev–Trinajstić information content (AvgIpc) is 3.54. The van der Waals surface area contributed by atoms with E-state index in [1.165, 1.54) is 16.8 Å². The number of benzene rings is 1. The number of anilines is 1. The van der Waals surface area contributed by atoms with Crippen LogP contribution in [-0.4, -0.2) is 40.9 Å². The van der Waals surface area contributed by atoms with Gasteiger partial charge in [-0.25, -0.2) is 14.1 Å². The Kier molecular flexibility index (Phi) is 5.40. The van der Waals surface area contributed by atoms with Crippen LogP contribution in [0.25, 0.3) is 27.3 Å². The normalized spacial score (nSPS) is 11.5. The minimum absolute atomic E-state index is 0.0205. The lowest BCUT2D eigenvalue weighted by Crippen LogP contribution is -2.15. The van der Waals surface area contributed by atoms with Gasteiger partial charge < -0.3 is 5.32 Å². The van der Waals surface area contributed by atoms with Crippen LogP contribution in [0.15, 0.2) is 42.6 Å². The molecule has 0 radical (unpaired) electrons. The number of carbonyl (C=O) groups is 1. The van der Waals surface area contributed by atoms with Crippen LogP contribution >= 0.6 is 11.3 Å². The van der Waals surface area contributed by atoms with E-state index in [0.29, 0.717) is 33.8 Å². The molecule has 4 aromatic heterocycles. The summed E-state index contributed by atoms with van der Waals surface area (Å²) in [5, 5.41) is 19.1. The van der Waals surface area contributed by atoms with Gasteiger partial charge >= 0.3 is 0 Å². The molecule has 4 heterocycles. The zero-order chi connectivity index (χ0) is 24.0. The summed E-state index contributed by atoms with van der Waals surface area (Å²) in [6.07, 6.45) is 1.62. The van der Waals surface area contributed by atoms with E-state index in [2.05, 4.69) is 25.9 Å². The number of nitrogens with one attached hydrogen (secondary N) is 1. The number of hydrogen-bond donors (Lipinski definition) is 1. The minimum Gasteiger partial charge on any atom is -0.319 e. The van der Waals surface area contributed by atoms with Gasteiger partial charge in [0.05, 0.1) is 39.1 Å². The number of thiophene rings is 1. The van der Waals surface area contributed by atoms with Crippen molar-refractivity contribution in [1.82, 2.24) is 35.0 Å². The highest BCUT2D eigenvalue weighted by Crippen LogP contribution is 2.31. The van der Waals surface area contributed by atoms with E-state index in [1.54, 1.807) is 41.3 Å². The number of nitrogens with zero attached hydrogens (tertiary/aromatic N) is 7. The number of pyridine rings is 1. The largest absolute Gasteiger partial charge is 0.319 e. The highest BCUT2D eigenvalue weighted by molar-refractivity contribution is 7.15. The van der Waals surface area contributed by atoms with Gasteiger partial charge in [-0.2, -0.15) is 9.78 Å². The Bertz CT molecular complexity index is 1530. The fourth-order valence-corrected chi connectivity index (χ4v) is 4.51. The Morgan fingerprint density at radius 1 is 1.15 bits per heavy atom. The molecule has 0 fully saturated rings. The molecule has 0 saturated heterocycles. The van der Waals surface area contributed by atoms with Crippen LogP contribution in [0.4, 0.5) is 10.1 Å². The van der Waals surface area contributed by atoms with Gasteiger partial charge in [-0.3, -0.25) is 4.79 Å². The third kappa shape index (κ3) is 3.83. The molecule has 1 N–H and O–H groups in total. The van der Waals surface area contributed by atoms with Gasteiger partial charge in [0.15, 0.2) is 11.5 Å². The first kappa shape index (κ1) is 21.8. The highest BCUT2D eigenvalue weighted by Gasteiger charge is 2.20. The van der Waals surface area contributed by atoms with Gasteiger partial charge in [-0.05, 0) is 74.5 Å². The van der Waals surface area contributed by atoms with E-state index < -0.39 is 11.7 Å². The predicted octanol–water partition coefficient (Wildman–Crippen LogP) is 4.72. The maximum absolute atomic E-state index is 14.7. The molecule has 9 nitrogen and oxygen atoms in total. The Balaban J connectivity index is 1.59. The van der Waals surface area contributed by atoms with Crippen molar-refractivity contribution in [3.63, 3.8) is 0 Å². The molecule has 0 aliphatic heterocycles. The molecular weight excluding hydrogens is 455 g/mol. The van der Waals surface area contributed by atoms with E-state index >= 15 is 0 Å². The van der Waals surface area contributed by atoms with Crippen molar-refractivity contribution in [2.45, 2.75) is 33.7 Å². The number of amides is 1. The first-order valence-electron chi connectivity index (χ1n) is 10.6. The number of hydrogen-bond acceptors (Lipinski definition) is 7. The number of aromatic nitrogens is 7. The van der Waals surface area contributed by atoms with Crippen molar-refractivity contribution in [3.05, 3.63) is 64.7 Å². The summed E-state index contributed by atoms with van der Waals surface area (Å²) in [4.78, 5) is 20.3. The van der Waals surface area contributed by atoms with Crippen molar-refractivity contribution in [2.75, 3.05) is 5.32 Å². The Morgan fingerprint density at radius 2 is 1.97 bits per heavy atom. The molecule has 34 heavy (non-hydrogen) atoms. The van der Waals surface area contributed by atoms with Crippen molar-refractivity contribution in [2.24, 2.45) is 0 Å². The zero-order valence-corrected chi connectivity index (χ0v) is 19.8. The van der Waals surface area contributed by atoms with E-state index in [9.17, 15) is 9.18 Å². The number of fused-ring (bicyclic) bond motifs is 1. The van der Waals surface area contributed by atoms with E-state index in [4.69, 9.17) is 4.98 Å². The van der Waals surface area contributed by atoms with Gasteiger partial charge in [-0.15, -0.1) is 16.4 Å². The highest BCUT2D eigenvalue weighted by atomic mass is 32.1. The van der Waals surface area contributed by atoms with E-state index in [1.807, 2.05) is 32.9 Å². The molecule has 5 aromatic rings. The van der Waals surface area contributed by atoms with Gasteiger partial charge in [0.1, 0.15) is 5.82 Å². The van der Waals surface area contributed by atoms with Crippen LogP contribution in [0.2, 0.25) is 0 Å².